The third kappa shape index (κ3) is 3.17. The van der Waals surface area contributed by atoms with Gasteiger partial charge in [-0.3, -0.25) is 4.79 Å². The summed E-state index contributed by atoms with van der Waals surface area (Å²) < 4.78 is 6.63. The first-order valence-corrected chi connectivity index (χ1v) is 7.42. The molecule has 3 rings (SSSR count). The van der Waals surface area contributed by atoms with Crippen molar-refractivity contribution >= 4 is 34.2 Å². The van der Waals surface area contributed by atoms with Crippen LogP contribution in [-0.2, 0) is 22.5 Å². The molecule has 1 aromatic carbocycles. The van der Waals surface area contributed by atoms with Gasteiger partial charge in [0.05, 0.1) is 6.61 Å². The number of hydrogen-bond donors (Lipinski definition) is 1. The first-order valence-electron chi connectivity index (χ1n) is 6.63. The van der Waals surface area contributed by atoms with Crippen molar-refractivity contribution in [2.75, 3.05) is 26.2 Å². The van der Waals surface area contributed by atoms with Gasteiger partial charge in [-0.1, -0.05) is 28.1 Å². The zero-order valence-electron chi connectivity index (χ0n) is 11.1. The Labute approximate surface area is 133 Å². The summed E-state index contributed by atoms with van der Waals surface area (Å²) in [5.41, 5.74) is 2.56. The number of carbonyl (C=O) groups excluding carboxylic acids is 1. The number of fused-ring (bicyclic) bond motifs is 1. The Morgan fingerprint density at radius 2 is 2.30 bits per heavy atom. The molecule has 0 saturated carbocycles. The normalized spacial score (nSPS) is 21.9. The molecule has 4 nitrogen and oxygen atoms in total. The summed E-state index contributed by atoms with van der Waals surface area (Å²) in [6.07, 6.45) is 0.596. The van der Waals surface area contributed by atoms with Gasteiger partial charge in [-0.15, -0.1) is 12.4 Å². The van der Waals surface area contributed by atoms with Gasteiger partial charge in [0.15, 0.2) is 0 Å². The summed E-state index contributed by atoms with van der Waals surface area (Å²) in [5.74, 6) is 0.105. The second-order valence-electron chi connectivity index (χ2n) is 4.95. The highest BCUT2D eigenvalue weighted by molar-refractivity contribution is 9.10. The molecule has 1 atom stereocenters. The SMILES string of the molecule is Cl.O=C(C1CNCCO1)N1CCc2cccc(Br)c2C1. The highest BCUT2D eigenvalue weighted by atomic mass is 79.9. The van der Waals surface area contributed by atoms with E-state index in [2.05, 4.69) is 33.4 Å². The Morgan fingerprint density at radius 1 is 1.45 bits per heavy atom. The van der Waals surface area contributed by atoms with Gasteiger partial charge < -0.3 is 15.0 Å². The van der Waals surface area contributed by atoms with Gasteiger partial charge in [-0.05, 0) is 23.6 Å². The number of nitrogens with one attached hydrogen (secondary N) is 1. The monoisotopic (exact) mass is 360 g/mol. The number of morpholine rings is 1. The third-order valence-electron chi connectivity index (χ3n) is 3.73. The Morgan fingerprint density at radius 3 is 3.05 bits per heavy atom. The fourth-order valence-electron chi connectivity index (χ4n) is 2.66. The maximum Gasteiger partial charge on any atom is 0.253 e. The summed E-state index contributed by atoms with van der Waals surface area (Å²) in [7, 11) is 0. The van der Waals surface area contributed by atoms with Crippen molar-refractivity contribution in [3.63, 3.8) is 0 Å². The number of ether oxygens (including phenoxy) is 1. The minimum absolute atomic E-state index is 0. The van der Waals surface area contributed by atoms with E-state index in [9.17, 15) is 4.79 Å². The first kappa shape index (κ1) is 15.8. The maximum atomic E-state index is 12.4. The molecule has 0 bridgehead atoms. The van der Waals surface area contributed by atoms with Gasteiger partial charge in [0.25, 0.3) is 5.91 Å². The van der Waals surface area contributed by atoms with Crippen molar-refractivity contribution in [2.45, 2.75) is 19.1 Å². The molecule has 1 unspecified atom stereocenters. The van der Waals surface area contributed by atoms with Crippen molar-refractivity contribution < 1.29 is 9.53 Å². The summed E-state index contributed by atoms with van der Waals surface area (Å²) in [6, 6.07) is 6.22. The van der Waals surface area contributed by atoms with Gasteiger partial charge >= 0.3 is 0 Å². The van der Waals surface area contributed by atoms with Gasteiger partial charge in [-0.2, -0.15) is 0 Å². The van der Waals surface area contributed by atoms with E-state index in [-0.39, 0.29) is 24.4 Å². The van der Waals surface area contributed by atoms with Gasteiger partial charge in [0.2, 0.25) is 0 Å². The lowest BCUT2D eigenvalue weighted by molar-refractivity contribution is -0.146. The molecular formula is C14H18BrClN2O2. The second-order valence-corrected chi connectivity index (χ2v) is 5.81. The van der Waals surface area contributed by atoms with Crippen LogP contribution in [0.3, 0.4) is 0 Å². The molecule has 2 aliphatic heterocycles. The predicted octanol–water partition coefficient (Wildman–Crippen LogP) is 1.74. The van der Waals surface area contributed by atoms with Crippen LogP contribution < -0.4 is 5.32 Å². The number of nitrogens with zero attached hydrogens (tertiary/aromatic N) is 1. The van der Waals surface area contributed by atoms with Crippen molar-refractivity contribution in [1.82, 2.24) is 10.2 Å². The van der Waals surface area contributed by atoms with Crippen LogP contribution in [0.2, 0.25) is 0 Å². The summed E-state index contributed by atoms with van der Waals surface area (Å²) >= 11 is 3.57. The molecule has 0 aliphatic carbocycles. The topological polar surface area (TPSA) is 41.6 Å². The smallest absolute Gasteiger partial charge is 0.253 e. The molecule has 110 valence electrons. The second kappa shape index (κ2) is 6.89. The first-order chi connectivity index (χ1) is 9.25. The van der Waals surface area contributed by atoms with Crippen LogP contribution in [0, 0.1) is 0 Å². The van der Waals surface area contributed by atoms with E-state index in [1.165, 1.54) is 11.1 Å². The lowest BCUT2D eigenvalue weighted by atomic mass is 9.99. The van der Waals surface area contributed by atoms with Crippen molar-refractivity contribution in [3.8, 4) is 0 Å². The fourth-order valence-corrected chi connectivity index (χ4v) is 3.19. The molecule has 20 heavy (non-hydrogen) atoms. The number of halogens is 2. The van der Waals surface area contributed by atoms with Crippen molar-refractivity contribution in [1.29, 1.82) is 0 Å². The number of rotatable bonds is 1. The largest absolute Gasteiger partial charge is 0.366 e. The van der Waals surface area contributed by atoms with Crippen LogP contribution >= 0.6 is 28.3 Å². The zero-order valence-corrected chi connectivity index (χ0v) is 13.5. The maximum absolute atomic E-state index is 12.4. The Balaban J connectivity index is 0.00000147. The molecule has 1 fully saturated rings. The van der Waals surface area contributed by atoms with E-state index in [1.807, 2.05) is 11.0 Å². The highest BCUT2D eigenvalue weighted by Crippen LogP contribution is 2.27. The van der Waals surface area contributed by atoms with Gasteiger partial charge in [0, 0.05) is 30.7 Å². The van der Waals surface area contributed by atoms with Gasteiger partial charge in [0.1, 0.15) is 6.10 Å². The van der Waals surface area contributed by atoms with Crippen molar-refractivity contribution in [2.24, 2.45) is 0 Å². The third-order valence-corrected chi connectivity index (χ3v) is 4.47. The minimum Gasteiger partial charge on any atom is -0.366 e. The van der Waals surface area contributed by atoms with E-state index in [1.54, 1.807) is 0 Å². The van der Waals surface area contributed by atoms with E-state index < -0.39 is 0 Å². The molecule has 1 amide bonds. The van der Waals surface area contributed by atoms with E-state index >= 15 is 0 Å². The zero-order chi connectivity index (χ0) is 13.2. The molecule has 1 saturated heterocycles. The predicted molar refractivity (Wildman–Crippen MR) is 83.1 cm³/mol. The van der Waals surface area contributed by atoms with Crippen LogP contribution in [0.25, 0.3) is 0 Å². The number of hydrogen-bond acceptors (Lipinski definition) is 3. The average molecular weight is 362 g/mol. The van der Waals surface area contributed by atoms with Crippen LogP contribution in [-0.4, -0.2) is 43.2 Å². The number of amides is 1. The van der Waals surface area contributed by atoms with Crippen LogP contribution in [0.15, 0.2) is 22.7 Å². The van der Waals surface area contributed by atoms with E-state index in [0.717, 1.165) is 24.0 Å². The van der Waals surface area contributed by atoms with E-state index in [0.29, 0.717) is 19.7 Å². The van der Waals surface area contributed by atoms with Crippen molar-refractivity contribution in [3.05, 3.63) is 33.8 Å². The molecular weight excluding hydrogens is 344 g/mol. The van der Waals surface area contributed by atoms with Crippen LogP contribution in [0.1, 0.15) is 11.1 Å². The molecule has 2 aliphatic rings. The fraction of sp³-hybridized carbons (Fsp3) is 0.500. The summed E-state index contributed by atoms with van der Waals surface area (Å²) in [4.78, 5) is 14.3. The Bertz CT molecular complexity index is 492. The number of benzene rings is 1. The molecule has 1 N–H and O–H groups in total. The number of carbonyl (C=O) groups is 1. The molecule has 0 radical (unpaired) electrons. The molecule has 0 aromatic heterocycles. The summed E-state index contributed by atoms with van der Waals surface area (Å²) in [5, 5.41) is 3.20. The Kier molecular flexibility index (Phi) is 5.43. The van der Waals surface area contributed by atoms with Crippen LogP contribution in [0.4, 0.5) is 0 Å². The van der Waals surface area contributed by atoms with Gasteiger partial charge in [-0.25, -0.2) is 0 Å². The average Bonchev–Trinajstić information content (AvgIpc) is 2.47. The molecule has 1 aromatic rings. The lowest BCUT2D eigenvalue weighted by Gasteiger charge is -2.33. The van der Waals surface area contributed by atoms with E-state index in [4.69, 9.17) is 4.74 Å². The molecule has 6 heteroatoms. The van der Waals surface area contributed by atoms with Crippen LogP contribution in [0.5, 0.6) is 0 Å². The Hall–Kier alpha value is -0.620. The minimum atomic E-state index is -0.321. The quantitative estimate of drug-likeness (QED) is 0.828. The molecule has 0 spiro atoms. The highest BCUT2D eigenvalue weighted by Gasteiger charge is 2.29. The summed E-state index contributed by atoms with van der Waals surface area (Å²) in [6.45, 7) is 3.53. The lowest BCUT2D eigenvalue weighted by Crippen LogP contribution is -2.50. The standard InChI is InChI=1S/C14H17BrN2O2.ClH/c15-12-3-1-2-10-4-6-17(9-11(10)12)14(18)13-8-16-5-7-19-13;/h1-3,13,16H,4-9H2;1H. The molecule has 2 heterocycles.